The van der Waals surface area contributed by atoms with E-state index in [2.05, 4.69) is 9.88 Å². The van der Waals surface area contributed by atoms with E-state index in [1.54, 1.807) is 12.1 Å². The standard InChI is InChI=1S/C17H24N4O2/c18-16(22)14-7-4-8-15(19-14)20-9-11-21(12-10-20)17(23)13-5-2-1-3-6-13/h4,7-8,13H,1-3,5-6,9-12H2,(H2,18,22). The summed E-state index contributed by atoms with van der Waals surface area (Å²) in [7, 11) is 0. The predicted octanol–water partition coefficient (Wildman–Crippen LogP) is 1.41. The van der Waals surface area contributed by atoms with Crippen LogP contribution in [0.2, 0.25) is 0 Å². The number of rotatable bonds is 3. The molecule has 3 rings (SSSR count). The van der Waals surface area contributed by atoms with Gasteiger partial charge in [-0.15, -0.1) is 0 Å². The fourth-order valence-electron chi connectivity index (χ4n) is 3.50. The summed E-state index contributed by atoms with van der Waals surface area (Å²) in [6.07, 6.45) is 5.71. The molecule has 2 N–H and O–H groups in total. The first kappa shape index (κ1) is 15.8. The zero-order chi connectivity index (χ0) is 16.2. The first-order chi connectivity index (χ1) is 11.1. The molecule has 6 nitrogen and oxygen atoms in total. The Hall–Kier alpha value is -2.11. The van der Waals surface area contributed by atoms with Crippen LogP contribution in [-0.2, 0) is 4.79 Å². The minimum Gasteiger partial charge on any atom is -0.364 e. The number of anilines is 1. The SMILES string of the molecule is NC(=O)c1cccc(N2CCN(C(=O)C3CCCCC3)CC2)n1. The number of nitrogens with zero attached hydrogens (tertiary/aromatic N) is 3. The third-order valence-electron chi connectivity index (χ3n) is 4.86. The van der Waals surface area contributed by atoms with Gasteiger partial charge in [0.05, 0.1) is 0 Å². The Morgan fingerprint density at radius 1 is 1.04 bits per heavy atom. The molecule has 0 unspecified atom stereocenters. The number of carbonyl (C=O) groups is 2. The van der Waals surface area contributed by atoms with Gasteiger partial charge in [-0.3, -0.25) is 9.59 Å². The van der Waals surface area contributed by atoms with Crippen LogP contribution in [0.15, 0.2) is 18.2 Å². The molecule has 2 aliphatic rings. The third-order valence-corrected chi connectivity index (χ3v) is 4.86. The molecule has 0 aromatic carbocycles. The largest absolute Gasteiger partial charge is 0.364 e. The maximum absolute atomic E-state index is 12.6. The molecule has 2 fully saturated rings. The van der Waals surface area contributed by atoms with E-state index in [9.17, 15) is 9.59 Å². The van der Waals surface area contributed by atoms with Gasteiger partial charge in [0.1, 0.15) is 11.5 Å². The Kier molecular flexibility index (Phi) is 4.79. The first-order valence-corrected chi connectivity index (χ1v) is 8.46. The van der Waals surface area contributed by atoms with Crippen molar-refractivity contribution in [3.8, 4) is 0 Å². The van der Waals surface area contributed by atoms with Crippen molar-refractivity contribution >= 4 is 17.6 Å². The van der Waals surface area contributed by atoms with Crippen LogP contribution in [0.5, 0.6) is 0 Å². The van der Waals surface area contributed by atoms with Crippen LogP contribution < -0.4 is 10.6 Å². The average Bonchev–Trinajstić information content (AvgIpc) is 2.62. The van der Waals surface area contributed by atoms with E-state index in [1.807, 2.05) is 11.0 Å². The molecule has 0 radical (unpaired) electrons. The Morgan fingerprint density at radius 2 is 1.74 bits per heavy atom. The number of hydrogen-bond acceptors (Lipinski definition) is 4. The molecule has 23 heavy (non-hydrogen) atoms. The van der Waals surface area contributed by atoms with Gasteiger partial charge in [0.25, 0.3) is 5.91 Å². The monoisotopic (exact) mass is 316 g/mol. The molecule has 1 aliphatic carbocycles. The number of piperazine rings is 1. The zero-order valence-electron chi connectivity index (χ0n) is 13.4. The highest BCUT2D eigenvalue weighted by Gasteiger charge is 2.28. The summed E-state index contributed by atoms with van der Waals surface area (Å²) >= 11 is 0. The van der Waals surface area contributed by atoms with E-state index < -0.39 is 5.91 Å². The molecule has 0 atom stereocenters. The molecule has 6 heteroatoms. The highest BCUT2D eigenvalue weighted by Crippen LogP contribution is 2.26. The van der Waals surface area contributed by atoms with Crippen LogP contribution in [0.3, 0.4) is 0 Å². The zero-order valence-corrected chi connectivity index (χ0v) is 13.4. The van der Waals surface area contributed by atoms with Gasteiger partial charge < -0.3 is 15.5 Å². The van der Waals surface area contributed by atoms with Gasteiger partial charge in [-0.1, -0.05) is 25.3 Å². The molecular weight excluding hydrogens is 292 g/mol. The molecule has 2 heterocycles. The van der Waals surface area contributed by atoms with Gasteiger partial charge in [-0.05, 0) is 25.0 Å². The molecule has 1 aromatic rings. The maximum atomic E-state index is 12.6. The Bertz CT molecular complexity index is 576. The topological polar surface area (TPSA) is 79.5 Å². The summed E-state index contributed by atoms with van der Waals surface area (Å²) in [5, 5.41) is 0. The van der Waals surface area contributed by atoms with Gasteiger partial charge in [0.2, 0.25) is 5.91 Å². The third kappa shape index (κ3) is 3.63. The number of nitrogens with two attached hydrogens (primary N) is 1. The summed E-state index contributed by atoms with van der Waals surface area (Å²) in [4.78, 5) is 32.2. The van der Waals surface area contributed by atoms with Crippen LogP contribution in [0.4, 0.5) is 5.82 Å². The second-order valence-electron chi connectivity index (χ2n) is 6.39. The smallest absolute Gasteiger partial charge is 0.267 e. The highest BCUT2D eigenvalue weighted by atomic mass is 16.2. The number of pyridine rings is 1. The Labute approximate surface area is 136 Å². The fourth-order valence-corrected chi connectivity index (χ4v) is 3.50. The number of carbonyl (C=O) groups excluding carboxylic acids is 2. The number of aromatic nitrogens is 1. The van der Waals surface area contributed by atoms with Crippen molar-refractivity contribution in [2.75, 3.05) is 31.1 Å². The lowest BCUT2D eigenvalue weighted by atomic mass is 9.88. The predicted molar refractivity (Wildman–Crippen MR) is 88.1 cm³/mol. The van der Waals surface area contributed by atoms with Gasteiger partial charge in [0.15, 0.2) is 0 Å². The minimum atomic E-state index is -0.516. The van der Waals surface area contributed by atoms with Crippen molar-refractivity contribution in [3.63, 3.8) is 0 Å². The fraction of sp³-hybridized carbons (Fsp3) is 0.588. The number of primary amides is 1. The van der Waals surface area contributed by atoms with Crippen LogP contribution in [0.25, 0.3) is 0 Å². The molecule has 0 bridgehead atoms. The second kappa shape index (κ2) is 6.98. The first-order valence-electron chi connectivity index (χ1n) is 8.46. The summed E-state index contributed by atoms with van der Waals surface area (Å²) in [5.74, 6) is 0.791. The molecule has 1 aliphatic heterocycles. The lowest BCUT2D eigenvalue weighted by molar-refractivity contribution is -0.136. The lowest BCUT2D eigenvalue weighted by Crippen LogP contribution is -2.50. The van der Waals surface area contributed by atoms with Crippen molar-refractivity contribution in [3.05, 3.63) is 23.9 Å². The van der Waals surface area contributed by atoms with Gasteiger partial charge in [-0.2, -0.15) is 0 Å². The van der Waals surface area contributed by atoms with Crippen molar-refractivity contribution in [1.29, 1.82) is 0 Å². The van der Waals surface area contributed by atoms with Crippen molar-refractivity contribution in [2.45, 2.75) is 32.1 Å². The van der Waals surface area contributed by atoms with Crippen molar-refractivity contribution < 1.29 is 9.59 Å². The Morgan fingerprint density at radius 3 is 2.39 bits per heavy atom. The van der Waals surface area contributed by atoms with Crippen LogP contribution in [0.1, 0.15) is 42.6 Å². The molecule has 2 amide bonds. The van der Waals surface area contributed by atoms with E-state index >= 15 is 0 Å². The van der Waals surface area contributed by atoms with Crippen molar-refractivity contribution in [2.24, 2.45) is 11.7 Å². The summed E-state index contributed by atoms with van der Waals surface area (Å²) in [6, 6.07) is 5.29. The minimum absolute atomic E-state index is 0.228. The molecule has 124 valence electrons. The summed E-state index contributed by atoms with van der Waals surface area (Å²) < 4.78 is 0. The van der Waals surface area contributed by atoms with Gasteiger partial charge in [0, 0.05) is 32.1 Å². The Balaban J connectivity index is 1.58. The van der Waals surface area contributed by atoms with E-state index in [1.165, 1.54) is 19.3 Å². The van der Waals surface area contributed by atoms with E-state index in [-0.39, 0.29) is 11.6 Å². The van der Waals surface area contributed by atoms with Crippen LogP contribution in [0, 0.1) is 5.92 Å². The maximum Gasteiger partial charge on any atom is 0.267 e. The van der Waals surface area contributed by atoms with Gasteiger partial charge in [-0.25, -0.2) is 4.98 Å². The molecule has 1 saturated carbocycles. The number of hydrogen-bond donors (Lipinski definition) is 1. The summed E-state index contributed by atoms with van der Waals surface area (Å²) in [5.41, 5.74) is 5.56. The molecule has 0 spiro atoms. The normalized spacial score (nSPS) is 19.7. The highest BCUT2D eigenvalue weighted by molar-refractivity contribution is 5.91. The van der Waals surface area contributed by atoms with E-state index in [0.717, 1.165) is 44.8 Å². The van der Waals surface area contributed by atoms with Crippen LogP contribution >= 0.6 is 0 Å². The van der Waals surface area contributed by atoms with Gasteiger partial charge >= 0.3 is 0 Å². The summed E-state index contributed by atoms with van der Waals surface area (Å²) in [6.45, 7) is 2.93. The quantitative estimate of drug-likeness (QED) is 0.914. The molecule has 1 aromatic heterocycles. The lowest BCUT2D eigenvalue weighted by Gasteiger charge is -2.37. The average molecular weight is 316 g/mol. The van der Waals surface area contributed by atoms with E-state index in [4.69, 9.17) is 5.73 Å². The molecule has 1 saturated heterocycles. The second-order valence-corrected chi connectivity index (χ2v) is 6.39. The molecular formula is C17H24N4O2. The number of amides is 2. The van der Waals surface area contributed by atoms with Crippen molar-refractivity contribution in [1.82, 2.24) is 9.88 Å². The van der Waals surface area contributed by atoms with Crippen LogP contribution in [-0.4, -0.2) is 47.9 Å². The van der Waals surface area contributed by atoms with E-state index in [0.29, 0.717) is 5.91 Å².